The molecular weight excluding hydrogens is 262 g/mol. The predicted octanol–water partition coefficient (Wildman–Crippen LogP) is 1.18. The summed E-state index contributed by atoms with van der Waals surface area (Å²) in [5.74, 6) is 0.0931. The van der Waals surface area contributed by atoms with Gasteiger partial charge in [-0.05, 0) is 5.56 Å². The molecule has 3 atom stereocenters. The summed E-state index contributed by atoms with van der Waals surface area (Å²) in [4.78, 5) is 0. The number of hydrogen-bond acceptors (Lipinski definition) is 4. The van der Waals surface area contributed by atoms with Crippen LogP contribution in [0.5, 0.6) is 0 Å². The van der Waals surface area contributed by atoms with Crippen molar-refractivity contribution in [2.75, 3.05) is 26.0 Å². The molecule has 1 aliphatic rings. The lowest BCUT2D eigenvalue weighted by molar-refractivity contribution is 0.142. The van der Waals surface area contributed by atoms with Crippen molar-refractivity contribution >= 4 is 9.84 Å². The maximum absolute atomic E-state index is 12.3. The quantitative estimate of drug-likeness (QED) is 0.851. The van der Waals surface area contributed by atoms with Crippen LogP contribution in [0.2, 0.25) is 0 Å². The number of methoxy groups -OCH3 is 1. The molecule has 0 aliphatic heterocycles. The molecule has 4 nitrogen and oxygen atoms in total. The van der Waals surface area contributed by atoms with Gasteiger partial charge >= 0.3 is 0 Å². The van der Waals surface area contributed by atoms with Gasteiger partial charge in [0.1, 0.15) is 0 Å². The van der Waals surface area contributed by atoms with Gasteiger partial charge in [-0.2, -0.15) is 0 Å². The number of hydrogen-bond donors (Lipinski definition) is 1. The molecule has 1 aromatic rings. The fourth-order valence-electron chi connectivity index (χ4n) is 3.11. The second-order valence-electron chi connectivity index (χ2n) is 5.13. The van der Waals surface area contributed by atoms with E-state index >= 15 is 0 Å². The van der Waals surface area contributed by atoms with Crippen LogP contribution in [0.25, 0.3) is 0 Å². The first-order valence-electron chi connectivity index (χ1n) is 6.49. The van der Waals surface area contributed by atoms with Crippen LogP contribution >= 0.6 is 0 Å². The molecule has 2 N–H and O–H groups in total. The highest BCUT2D eigenvalue weighted by molar-refractivity contribution is 7.92. The normalized spacial score (nSPS) is 30.3. The van der Waals surface area contributed by atoms with Gasteiger partial charge in [0.2, 0.25) is 0 Å². The molecule has 1 aromatic carbocycles. The van der Waals surface area contributed by atoms with Crippen molar-refractivity contribution in [3.8, 4) is 0 Å². The summed E-state index contributed by atoms with van der Waals surface area (Å²) < 4.78 is 29.8. The van der Waals surface area contributed by atoms with Crippen LogP contribution in [0.3, 0.4) is 0 Å². The molecule has 1 fully saturated rings. The Morgan fingerprint density at radius 2 is 1.95 bits per heavy atom. The molecule has 1 aliphatic carbocycles. The maximum Gasteiger partial charge on any atom is 0.154 e. The topological polar surface area (TPSA) is 69.4 Å². The summed E-state index contributed by atoms with van der Waals surface area (Å²) in [6.07, 6.45) is 0. The van der Waals surface area contributed by atoms with E-state index in [2.05, 4.69) is 0 Å². The van der Waals surface area contributed by atoms with Crippen LogP contribution in [0.15, 0.2) is 30.3 Å². The van der Waals surface area contributed by atoms with Gasteiger partial charge in [0.25, 0.3) is 0 Å². The Labute approximate surface area is 114 Å². The van der Waals surface area contributed by atoms with E-state index in [1.54, 1.807) is 14.0 Å². The van der Waals surface area contributed by atoms with Gasteiger partial charge in [-0.1, -0.05) is 37.3 Å². The Morgan fingerprint density at radius 3 is 2.42 bits per heavy atom. The van der Waals surface area contributed by atoms with E-state index in [0.29, 0.717) is 13.2 Å². The largest absolute Gasteiger partial charge is 0.384 e. The summed E-state index contributed by atoms with van der Waals surface area (Å²) in [6.45, 7) is 2.39. The Morgan fingerprint density at radius 1 is 1.32 bits per heavy atom. The fourth-order valence-corrected chi connectivity index (χ4v) is 5.26. The zero-order chi connectivity index (χ0) is 14.1. The van der Waals surface area contributed by atoms with Crippen molar-refractivity contribution in [2.45, 2.75) is 18.1 Å². The molecule has 0 amide bonds. The van der Waals surface area contributed by atoms with Crippen LogP contribution in [0.4, 0.5) is 0 Å². The van der Waals surface area contributed by atoms with E-state index in [0.717, 1.165) is 5.56 Å². The molecule has 0 saturated heterocycles. The number of benzene rings is 1. The van der Waals surface area contributed by atoms with Gasteiger partial charge in [-0.25, -0.2) is 8.42 Å². The third kappa shape index (κ3) is 2.30. The molecule has 2 rings (SSSR count). The van der Waals surface area contributed by atoms with E-state index in [1.807, 2.05) is 30.3 Å². The highest BCUT2D eigenvalue weighted by Gasteiger charge is 2.69. The minimum absolute atomic E-state index is 0.0522. The van der Waals surface area contributed by atoms with Crippen LogP contribution in [-0.2, 0) is 14.6 Å². The van der Waals surface area contributed by atoms with E-state index in [4.69, 9.17) is 10.5 Å². The molecule has 0 heterocycles. The SMILES string of the molecule is CCS(=O)(=O)C1C(c2ccccc2)C1(CN)COC. The Kier molecular flexibility index (Phi) is 3.99. The van der Waals surface area contributed by atoms with Crippen molar-refractivity contribution in [1.82, 2.24) is 0 Å². The predicted molar refractivity (Wildman–Crippen MR) is 75.8 cm³/mol. The van der Waals surface area contributed by atoms with Crippen molar-refractivity contribution in [2.24, 2.45) is 11.1 Å². The van der Waals surface area contributed by atoms with Crippen molar-refractivity contribution in [3.05, 3.63) is 35.9 Å². The first kappa shape index (κ1) is 14.5. The Balaban J connectivity index is 2.41. The lowest BCUT2D eigenvalue weighted by atomic mass is 10.0. The van der Waals surface area contributed by atoms with E-state index < -0.39 is 20.5 Å². The summed E-state index contributed by atoms with van der Waals surface area (Å²) in [5.41, 5.74) is 6.45. The van der Waals surface area contributed by atoms with E-state index in [-0.39, 0.29) is 11.7 Å². The van der Waals surface area contributed by atoms with Gasteiger partial charge in [-0.15, -0.1) is 0 Å². The van der Waals surface area contributed by atoms with Crippen molar-refractivity contribution in [3.63, 3.8) is 0 Å². The first-order chi connectivity index (χ1) is 9.03. The standard InChI is InChI=1S/C14H21NO3S/c1-3-19(16,17)13-12(11-7-5-4-6-8-11)14(13,9-15)10-18-2/h4-8,12-13H,3,9-10,15H2,1-2H3. The molecule has 0 spiro atoms. The van der Waals surface area contributed by atoms with Crippen LogP contribution < -0.4 is 5.73 Å². The average molecular weight is 283 g/mol. The summed E-state index contributed by atoms with van der Waals surface area (Å²) in [6, 6.07) is 9.72. The van der Waals surface area contributed by atoms with Gasteiger partial charge in [0.15, 0.2) is 9.84 Å². The molecule has 19 heavy (non-hydrogen) atoms. The lowest BCUT2D eigenvalue weighted by Crippen LogP contribution is -2.28. The van der Waals surface area contributed by atoms with E-state index in [1.165, 1.54) is 0 Å². The Hall–Kier alpha value is -0.910. The summed E-state index contributed by atoms with van der Waals surface area (Å²) >= 11 is 0. The minimum atomic E-state index is -3.12. The van der Waals surface area contributed by atoms with Gasteiger partial charge < -0.3 is 10.5 Å². The third-order valence-corrected chi connectivity index (χ3v) is 6.44. The first-order valence-corrected chi connectivity index (χ1v) is 8.20. The monoisotopic (exact) mass is 283 g/mol. The molecular formula is C14H21NO3S. The summed E-state index contributed by atoms with van der Waals surface area (Å²) in [5, 5.41) is -0.419. The number of sulfone groups is 1. The highest BCUT2D eigenvalue weighted by atomic mass is 32.2. The molecule has 106 valence electrons. The lowest BCUT2D eigenvalue weighted by Gasteiger charge is -2.14. The smallest absolute Gasteiger partial charge is 0.154 e. The fraction of sp³-hybridized carbons (Fsp3) is 0.571. The molecule has 0 radical (unpaired) electrons. The minimum Gasteiger partial charge on any atom is -0.384 e. The molecule has 0 aromatic heterocycles. The summed E-state index contributed by atoms with van der Waals surface area (Å²) in [7, 11) is -1.53. The molecule has 3 unspecified atom stereocenters. The van der Waals surface area contributed by atoms with Gasteiger partial charge in [0.05, 0.1) is 11.9 Å². The molecule has 1 saturated carbocycles. The van der Waals surface area contributed by atoms with Crippen molar-refractivity contribution in [1.29, 1.82) is 0 Å². The van der Waals surface area contributed by atoms with Gasteiger partial charge in [-0.3, -0.25) is 0 Å². The van der Waals surface area contributed by atoms with E-state index in [9.17, 15) is 8.42 Å². The van der Waals surface area contributed by atoms with Crippen LogP contribution in [-0.4, -0.2) is 39.7 Å². The Bertz CT molecular complexity index is 529. The molecule has 0 bridgehead atoms. The van der Waals surface area contributed by atoms with Gasteiger partial charge in [0, 0.05) is 30.7 Å². The second-order valence-corrected chi connectivity index (χ2v) is 7.54. The second kappa shape index (κ2) is 5.23. The molecule has 5 heteroatoms. The maximum atomic E-state index is 12.3. The third-order valence-electron chi connectivity index (χ3n) is 4.12. The highest BCUT2D eigenvalue weighted by Crippen LogP contribution is 2.62. The van der Waals surface area contributed by atoms with Crippen molar-refractivity contribution < 1.29 is 13.2 Å². The number of nitrogens with two attached hydrogens (primary N) is 1. The zero-order valence-corrected chi connectivity index (χ0v) is 12.2. The number of rotatable bonds is 6. The van der Waals surface area contributed by atoms with Crippen LogP contribution in [0, 0.1) is 5.41 Å². The number of ether oxygens (including phenoxy) is 1. The average Bonchev–Trinajstić information content (AvgIpc) is 3.10. The van der Waals surface area contributed by atoms with Crippen LogP contribution in [0.1, 0.15) is 18.4 Å². The zero-order valence-electron chi connectivity index (χ0n) is 11.4.